The summed E-state index contributed by atoms with van der Waals surface area (Å²) in [4.78, 5) is 25.4. The zero-order valence-corrected chi connectivity index (χ0v) is 12.7. The molecule has 1 aliphatic heterocycles. The van der Waals surface area contributed by atoms with Crippen molar-refractivity contribution in [3.63, 3.8) is 0 Å². The molecule has 6 heteroatoms. The summed E-state index contributed by atoms with van der Waals surface area (Å²) in [5.74, 6) is -0.608. The zero-order chi connectivity index (χ0) is 14.7. The Kier molecular flexibility index (Phi) is 4.65. The standard InChI is InChI=1S/C14H16BrNO4/c1-20-14(19)9-4-6-16(7-5-9)13(18)11-8-10(15)2-3-12(11)17/h2-3,8-9,17H,4-7H2,1H3. The van der Waals surface area contributed by atoms with E-state index in [1.165, 1.54) is 13.2 Å². The van der Waals surface area contributed by atoms with Gasteiger partial charge in [0.2, 0.25) is 0 Å². The molecule has 0 saturated carbocycles. The third kappa shape index (κ3) is 3.12. The van der Waals surface area contributed by atoms with E-state index in [1.54, 1.807) is 17.0 Å². The average molecular weight is 342 g/mol. The molecule has 5 nitrogen and oxygen atoms in total. The minimum Gasteiger partial charge on any atom is -0.507 e. The molecular weight excluding hydrogens is 326 g/mol. The number of methoxy groups -OCH3 is 1. The molecule has 1 aromatic rings. The fourth-order valence-corrected chi connectivity index (χ4v) is 2.70. The number of benzene rings is 1. The van der Waals surface area contributed by atoms with E-state index in [0.29, 0.717) is 25.9 Å². The van der Waals surface area contributed by atoms with Crippen LogP contribution < -0.4 is 0 Å². The fourth-order valence-electron chi connectivity index (χ4n) is 2.33. The Morgan fingerprint density at radius 2 is 2.00 bits per heavy atom. The Bertz CT molecular complexity index is 524. The molecule has 1 amide bonds. The number of phenolic OH excluding ortho intramolecular Hbond substituents is 1. The molecule has 0 aliphatic carbocycles. The predicted octanol–water partition coefficient (Wildman–Crippen LogP) is 2.18. The minimum atomic E-state index is -0.220. The van der Waals surface area contributed by atoms with Crippen LogP contribution in [0, 0.1) is 5.92 Å². The lowest BCUT2D eigenvalue weighted by Crippen LogP contribution is -2.40. The van der Waals surface area contributed by atoms with Crippen molar-refractivity contribution in [2.45, 2.75) is 12.8 Å². The van der Waals surface area contributed by atoms with Gasteiger partial charge in [-0.05, 0) is 31.0 Å². The Balaban J connectivity index is 2.05. The second-order valence-electron chi connectivity index (χ2n) is 4.75. The van der Waals surface area contributed by atoms with Gasteiger partial charge in [0.1, 0.15) is 5.75 Å². The van der Waals surface area contributed by atoms with Crippen LogP contribution in [0.2, 0.25) is 0 Å². The molecule has 0 radical (unpaired) electrons. The first-order valence-electron chi connectivity index (χ1n) is 6.38. The number of hydrogen-bond acceptors (Lipinski definition) is 4. The summed E-state index contributed by atoms with van der Waals surface area (Å²) in [6.07, 6.45) is 1.18. The average Bonchev–Trinajstić information content (AvgIpc) is 2.48. The van der Waals surface area contributed by atoms with Gasteiger partial charge in [-0.1, -0.05) is 15.9 Å². The Hall–Kier alpha value is -1.56. The highest BCUT2D eigenvalue weighted by Gasteiger charge is 2.29. The van der Waals surface area contributed by atoms with E-state index >= 15 is 0 Å². The van der Waals surface area contributed by atoms with Crippen molar-refractivity contribution in [2.75, 3.05) is 20.2 Å². The van der Waals surface area contributed by atoms with Crippen molar-refractivity contribution in [2.24, 2.45) is 5.92 Å². The van der Waals surface area contributed by atoms with E-state index in [4.69, 9.17) is 4.74 Å². The summed E-state index contributed by atoms with van der Waals surface area (Å²) in [7, 11) is 1.37. The number of hydrogen-bond donors (Lipinski definition) is 1. The summed E-state index contributed by atoms with van der Waals surface area (Å²) < 4.78 is 5.46. The molecule has 1 N–H and O–H groups in total. The molecule has 1 heterocycles. The minimum absolute atomic E-state index is 0.0340. The Labute approximate surface area is 125 Å². The second-order valence-corrected chi connectivity index (χ2v) is 5.67. The summed E-state index contributed by atoms with van der Waals surface area (Å²) in [5.41, 5.74) is 0.274. The lowest BCUT2D eigenvalue weighted by molar-refractivity contribution is -0.146. The molecule has 0 atom stereocenters. The fraction of sp³-hybridized carbons (Fsp3) is 0.429. The first-order chi connectivity index (χ1) is 9.52. The molecule has 0 unspecified atom stereocenters. The van der Waals surface area contributed by atoms with Crippen molar-refractivity contribution in [3.8, 4) is 5.75 Å². The number of rotatable bonds is 2. The number of halogens is 1. The number of phenols is 1. The Morgan fingerprint density at radius 3 is 2.60 bits per heavy atom. The highest BCUT2D eigenvalue weighted by atomic mass is 79.9. The molecule has 0 spiro atoms. The highest BCUT2D eigenvalue weighted by molar-refractivity contribution is 9.10. The van der Waals surface area contributed by atoms with Crippen LogP contribution in [-0.4, -0.2) is 42.1 Å². The SMILES string of the molecule is COC(=O)C1CCN(C(=O)c2cc(Br)ccc2O)CC1. The van der Waals surface area contributed by atoms with Crippen molar-refractivity contribution in [1.29, 1.82) is 0 Å². The number of aromatic hydroxyl groups is 1. The topological polar surface area (TPSA) is 66.8 Å². The summed E-state index contributed by atoms with van der Waals surface area (Å²) in [5, 5.41) is 9.77. The highest BCUT2D eigenvalue weighted by Crippen LogP contribution is 2.26. The van der Waals surface area contributed by atoms with Gasteiger partial charge < -0.3 is 14.7 Å². The van der Waals surface area contributed by atoms with Gasteiger partial charge in [0.15, 0.2) is 0 Å². The predicted molar refractivity (Wildman–Crippen MR) is 76.5 cm³/mol. The third-order valence-corrected chi connectivity index (χ3v) is 4.00. The molecule has 20 heavy (non-hydrogen) atoms. The number of nitrogens with zero attached hydrogens (tertiary/aromatic N) is 1. The van der Waals surface area contributed by atoms with E-state index < -0.39 is 0 Å². The van der Waals surface area contributed by atoms with Gasteiger partial charge in [-0.2, -0.15) is 0 Å². The Morgan fingerprint density at radius 1 is 1.35 bits per heavy atom. The van der Waals surface area contributed by atoms with Crippen LogP contribution >= 0.6 is 15.9 Å². The number of amides is 1. The van der Waals surface area contributed by atoms with Gasteiger partial charge in [0.25, 0.3) is 5.91 Å². The van der Waals surface area contributed by atoms with E-state index in [2.05, 4.69) is 15.9 Å². The molecule has 1 aliphatic rings. The summed E-state index contributed by atoms with van der Waals surface area (Å²) in [6, 6.07) is 4.76. The molecule has 2 rings (SSSR count). The lowest BCUT2D eigenvalue weighted by atomic mass is 9.96. The van der Waals surface area contributed by atoms with Crippen molar-refractivity contribution in [3.05, 3.63) is 28.2 Å². The van der Waals surface area contributed by atoms with Gasteiger partial charge >= 0.3 is 5.97 Å². The summed E-state index contributed by atoms with van der Waals surface area (Å²) >= 11 is 3.28. The van der Waals surface area contributed by atoms with Gasteiger partial charge in [-0.15, -0.1) is 0 Å². The van der Waals surface area contributed by atoms with Crippen molar-refractivity contribution < 1.29 is 19.4 Å². The largest absolute Gasteiger partial charge is 0.507 e. The zero-order valence-electron chi connectivity index (χ0n) is 11.1. The van der Waals surface area contributed by atoms with E-state index in [0.717, 1.165) is 4.47 Å². The lowest BCUT2D eigenvalue weighted by Gasteiger charge is -2.30. The van der Waals surface area contributed by atoms with Gasteiger partial charge in [0.05, 0.1) is 18.6 Å². The van der Waals surface area contributed by atoms with Gasteiger partial charge in [-0.25, -0.2) is 0 Å². The number of ether oxygens (including phenoxy) is 1. The van der Waals surface area contributed by atoms with Gasteiger partial charge in [-0.3, -0.25) is 9.59 Å². The van der Waals surface area contributed by atoms with Crippen molar-refractivity contribution >= 4 is 27.8 Å². The maximum absolute atomic E-state index is 12.3. The molecule has 1 aromatic carbocycles. The first-order valence-corrected chi connectivity index (χ1v) is 7.18. The van der Waals surface area contributed by atoms with E-state index in [9.17, 15) is 14.7 Å². The molecule has 1 saturated heterocycles. The summed E-state index contributed by atoms with van der Waals surface area (Å²) in [6.45, 7) is 0.981. The van der Waals surface area contributed by atoms with Crippen LogP contribution in [0.5, 0.6) is 5.75 Å². The smallest absolute Gasteiger partial charge is 0.308 e. The molecule has 0 aromatic heterocycles. The van der Waals surface area contributed by atoms with Crippen LogP contribution in [0.4, 0.5) is 0 Å². The number of likely N-dealkylation sites (tertiary alicyclic amines) is 1. The third-order valence-electron chi connectivity index (χ3n) is 3.51. The van der Waals surface area contributed by atoms with Crippen LogP contribution in [0.25, 0.3) is 0 Å². The maximum Gasteiger partial charge on any atom is 0.308 e. The number of carbonyl (C=O) groups is 2. The molecular formula is C14H16BrNO4. The number of carbonyl (C=O) groups excluding carboxylic acids is 2. The molecule has 0 bridgehead atoms. The van der Waals surface area contributed by atoms with E-state index in [1.807, 2.05) is 0 Å². The maximum atomic E-state index is 12.3. The van der Waals surface area contributed by atoms with Crippen LogP contribution in [0.1, 0.15) is 23.2 Å². The van der Waals surface area contributed by atoms with Crippen LogP contribution in [0.3, 0.4) is 0 Å². The number of esters is 1. The first kappa shape index (κ1) is 14.8. The molecule has 108 valence electrons. The quantitative estimate of drug-likeness (QED) is 0.837. The van der Waals surface area contributed by atoms with Crippen molar-refractivity contribution in [1.82, 2.24) is 4.90 Å². The van der Waals surface area contributed by atoms with Gasteiger partial charge in [0, 0.05) is 17.6 Å². The normalized spacial score (nSPS) is 16.0. The number of piperidine rings is 1. The monoisotopic (exact) mass is 341 g/mol. The van der Waals surface area contributed by atoms with Crippen LogP contribution in [-0.2, 0) is 9.53 Å². The van der Waals surface area contributed by atoms with Crippen LogP contribution in [0.15, 0.2) is 22.7 Å². The van der Waals surface area contributed by atoms with E-state index in [-0.39, 0.29) is 29.1 Å². The molecule has 1 fully saturated rings. The second kappa shape index (κ2) is 6.26.